The summed E-state index contributed by atoms with van der Waals surface area (Å²) in [4.78, 5) is 19.4. The highest BCUT2D eigenvalue weighted by atomic mass is 35.5. The van der Waals surface area contributed by atoms with Crippen molar-refractivity contribution in [2.75, 3.05) is 70.5 Å². The van der Waals surface area contributed by atoms with Gasteiger partial charge >= 0.3 is 6.03 Å². The fourth-order valence-corrected chi connectivity index (χ4v) is 6.34. The van der Waals surface area contributed by atoms with E-state index in [-0.39, 0.29) is 6.03 Å². The number of hydrogen-bond acceptors (Lipinski definition) is 5. The van der Waals surface area contributed by atoms with Crippen molar-refractivity contribution in [3.8, 4) is 0 Å². The summed E-state index contributed by atoms with van der Waals surface area (Å²) in [5, 5.41) is 3.78. The van der Waals surface area contributed by atoms with Crippen LogP contribution in [0.5, 0.6) is 0 Å². The first kappa shape index (κ1) is 25.0. The largest absolute Gasteiger partial charge is 0.322 e. The molecule has 3 saturated heterocycles. The summed E-state index contributed by atoms with van der Waals surface area (Å²) in [5.74, 6) is 0.586. The standard InChI is InChI=1S/C22H33Cl2N5O3S/c1-33(31,32)29-8-6-19(16-29)28-7-2-3-17(15-28)14-26-9-11-27(12-10-26)22(30)25-18-4-5-20(23)21(24)13-18/h4-5,13,17,19H,2-3,6-12,14-16H2,1H3,(H,25,30)/t17-,19?/m0/s1. The van der Waals surface area contributed by atoms with Crippen LogP contribution in [-0.4, -0.2) is 105 Å². The average molecular weight is 519 g/mol. The van der Waals surface area contributed by atoms with Crippen molar-refractivity contribution in [1.82, 2.24) is 19.0 Å². The second kappa shape index (κ2) is 10.7. The number of amides is 2. The van der Waals surface area contributed by atoms with E-state index in [0.29, 0.717) is 53.9 Å². The molecule has 4 rings (SSSR count). The van der Waals surface area contributed by atoms with Gasteiger partial charge < -0.3 is 10.2 Å². The summed E-state index contributed by atoms with van der Waals surface area (Å²) in [6.07, 6.45) is 4.59. The molecule has 0 aromatic heterocycles. The predicted molar refractivity (Wildman–Crippen MR) is 133 cm³/mol. The Labute approximate surface area is 206 Å². The van der Waals surface area contributed by atoms with Crippen molar-refractivity contribution in [2.24, 2.45) is 5.92 Å². The number of piperazine rings is 1. The first-order valence-corrected chi connectivity index (χ1v) is 14.2. The number of hydrogen-bond donors (Lipinski definition) is 1. The third-order valence-corrected chi connectivity index (χ3v) is 9.02. The summed E-state index contributed by atoms with van der Waals surface area (Å²) >= 11 is 12.0. The number of likely N-dealkylation sites (tertiary alicyclic amines) is 1. The minimum Gasteiger partial charge on any atom is -0.322 e. The van der Waals surface area contributed by atoms with E-state index >= 15 is 0 Å². The maximum absolute atomic E-state index is 12.6. The second-order valence-electron chi connectivity index (χ2n) is 9.41. The summed E-state index contributed by atoms with van der Waals surface area (Å²) < 4.78 is 25.3. The van der Waals surface area contributed by atoms with Gasteiger partial charge in [0.15, 0.2) is 0 Å². The molecule has 33 heavy (non-hydrogen) atoms. The van der Waals surface area contributed by atoms with Crippen LogP contribution in [0.3, 0.4) is 0 Å². The van der Waals surface area contributed by atoms with Crippen molar-refractivity contribution in [3.05, 3.63) is 28.2 Å². The number of rotatable bonds is 5. The third-order valence-electron chi connectivity index (χ3n) is 7.01. The first-order chi connectivity index (χ1) is 15.7. The molecular formula is C22H33Cl2N5O3S. The lowest BCUT2D eigenvalue weighted by molar-refractivity contribution is 0.0840. The number of carbonyl (C=O) groups is 1. The van der Waals surface area contributed by atoms with Gasteiger partial charge in [-0.05, 0) is 49.9 Å². The molecule has 3 fully saturated rings. The Kier molecular flexibility index (Phi) is 8.08. The summed E-state index contributed by atoms with van der Waals surface area (Å²) in [6, 6.07) is 5.30. The zero-order valence-corrected chi connectivity index (χ0v) is 21.4. The molecule has 2 amide bonds. The Morgan fingerprint density at radius 2 is 1.79 bits per heavy atom. The minimum absolute atomic E-state index is 0.117. The monoisotopic (exact) mass is 517 g/mol. The number of halogens is 2. The third kappa shape index (κ3) is 6.52. The van der Waals surface area contributed by atoms with E-state index in [4.69, 9.17) is 23.2 Å². The van der Waals surface area contributed by atoms with E-state index in [2.05, 4.69) is 15.1 Å². The van der Waals surface area contributed by atoms with Crippen molar-refractivity contribution in [1.29, 1.82) is 0 Å². The van der Waals surface area contributed by atoms with Gasteiger partial charge in [0.2, 0.25) is 10.0 Å². The van der Waals surface area contributed by atoms with Crippen LogP contribution in [0.2, 0.25) is 10.0 Å². The molecular weight excluding hydrogens is 485 g/mol. The fraction of sp³-hybridized carbons (Fsp3) is 0.682. The summed E-state index contributed by atoms with van der Waals surface area (Å²) in [5.41, 5.74) is 0.639. The van der Waals surface area contributed by atoms with Crippen molar-refractivity contribution >= 4 is 44.9 Å². The van der Waals surface area contributed by atoms with Crippen LogP contribution < -0.4 is 5.32 Å². The van der Waals surface area contributed by atoms with Gasteiger partial charge in [-0.1, -0.05) is 23.2 Å². The van der Waals surface area contributed by atoms with Gasteiger partial charge in [0.1, 0.15) is 0 Å². The van der Waals surface area contributed by atoms with Crippen LogP contribution in [0.4, 0.5) is 10.5 Å². The Morgan fingerprint density at radius 3 is 2.45 bits per heavy atom. The molecule has 1 unspecified atom stereocenters. The molecule has 8 nitrogen and oxygen atoms in total. The van der Waals surface area contributed by atoms with E-state index in [1.807, 2.05) is 4.90 Å². The van der Waals surface area contributed by atoms with Crippen LogP contribution in [0, 0.1) is 5.92 Å². The molecule has 0 saturated carbocycles. The second-order valence-corrected chi connectivity index (χ2v) is 12.2. The van der Waals surface area contributed by atoms with E-state index in [1.54, 1.807) is 22.5 Å². The van der Waals surface area contributed by atoms with Crippen LogP contribution in [0.25, 0.3) is 0 Å². The maximum Gasteiger partial charge on any atom is 0.321 e. The van der Waals surface area contributed by atoms with Crippen molar-refractivity contribution < 1.29 is 13.2 Å². The van der Waals surface area contributed by atoms with Gasteiger partial charge in [-0.25, -0.2) is 17.5 Å². The molecule has 3 heterocycles. The average Bonchev–Trinajstić information content (AvgIpc) is 3.28. The van der Waals surface area contributed by atoms with Crippen molar-refractivity contribution in [3.63, 3.8) is 0 Å². The molecule has 2 atom stereocenters. The molecule has 3 aliphatic heterocycles. The summed E-state index contributed by atoms with van der Waals surface area (Å²) in [6.45, 7) is 7.47. The van der Waals surface area contributed by atoms with Crippen LogP contribution in [-0.2, 0) is 10.0 Å². The van der Waals surface area contributed by atoms with Crippen molar-refractivity contribution in [2.45, 2.75) is 25.3 Å². The van der Waals surface area contributed by atoms with Gasteiger partial charge in [0.05, 0.1) is 16.3 Å². The van der Waals surface area contributed by atoms with Gasteiger partial charge in [0, 0.05) is 64.1 Å². The quantitative estimate of drug-likeness (QED) is 0.649. The normalized spacial score (nSPS) is 26.0. The molecule has 1 N–H and O–H groups in total. The van der Waals surface area contributed by atoms with Gasteiger partial charge in [0.25, 0.3) is 0 Å². The van der Waals surface area contributed by atoms with E-state index < -0.39 is 10.0 Å². The molecule has 1 aromatic rings. The Morgan fingerprint density at radius 1 is 1.03 bits per heavy atom. The number of piperidine rings is 1. The Bertz CT molecular complexity index is 955. The molecule has 3 aliphatic rings. The van der Waals surface area contributed by atoms with E-state index in [1.165, 1.54) is 12.7 Å². The predicted octanol–water partition coefficient (Wildman–Crippen LogP) is 2.89. The smallest absolute Gasteiger partial charge is 0.321 e. The SMILES string of the molecule is CS(=O)(=O)N1CCC(N2CCC[C@@H](CN3CCN(C(=O)Nc4ccc(Cl)c(Cl)c4)CC3)C2)C1. The Balaban J connectivity index is 1.22. The number of benzene rings is 1. The van der Waals surface area contributed by atoms with Gasteiger partial charge in [-0.2, -0.15) is 0 Å². The molecule has 11 heteroatoms. The molecule has 184 valence electrons. The number of urea groups is 1. The topological polar surface area (TPSA) is 76.2 Å². The first-order valence-electron chi connectivity index (χ1n) is 11.6. The molecule has 0 aliphatic carbocycles. The molecule has 1 aromatic carbocycles. The van der Waals surface area contributed by atoms with E-state index in [0.717, 1.165) is 45.6 Å². The minimum atomic E-state index is -3.10. The number of sulfonamides is 1. The lowest BCUT2D eigenvalue weighted by atomic mass is 9.95. The van der Waals surface area contributed by atoms with Gasteiger partial charge in [-0.3, -0.25) is 9.80 Å². The highest BCUT2D eigenvalue weighted by Crippen LogP contribution is 2.26. The summed E-state index contributed by atoms with van der Waals surface area (Å²) in [7, 11) is -3.10. The highest BCUT2D eigenvalue weighted by molar-refractivity contribution is 7.88. The number of nitrogens with one attached hydrogen (secondary N) is 1. The number of anilines is 1. The number of carbonyl (C=O) groups excluding carboxylic acids is 1. The zero-order valence-electron chi connectivity index (χ0n) is 19.0. The van der Waals surface area contributed by atoms with Crippen LogP contribution >= 0.6 is 23.2 Å². The lowest BCUT2D eigenvalue weighted by Gasteiger charge is -2.41. The number of nitrogens with zero attached hydrogens (tertiary/aromatic N) is 4. The molecule has 0 spiro atoms. The maximum atomic E-state index is 12.6. The zero-order chi connectivity index (χ0) is 23.6. The van der Waals surface area contributed by atoms with Crippen LogP contribution in [0.1, 0.15) is 19.3 Å². The van der Waals surface area contributed by atoms with E-state index in [9.17, 15) is 13.2 Å². The Hall–Kier alpha value is -1.10. The highest BCUT2D eigenvalue weighted by Gasteiger charge is 2.35. The lowest BCUT2D eigenvalue weighted by Crippen LogP contribution is -2.52. The molecule has 0 radical (unpaired) electrons. The molecule has 0 bridgehead atoms. The van der Waals surface area contributed by atoms with Gasteiger partial charge in [-0.15, -0.1) is 0 Å². The fourth-order valence-electron chi connectivity index (χ4n) is 5.16. The van der Waals surface area contributed by atoms with Crippen LogP contribution in [0.15, 0.2) is 18.2 Å².